The summed E-state index contributed by atoms with van der Waals surface area (Å²) in [5, 5.41) is 8.16. The van der Waals surface area contributed by atoms with Crippen LogP contribution in [0.15, 0.2) is 77.4 Å². The summed E-state index contributed by atoms with van der Waals surface area (Å²) in [6.45, 7) is 1.69. The molecule has 30 heavy (non-hydrogen) atoms. The minimum atomic E-state index is -0.368. The number of amides is 3. The number of carbonyl (C=O) groups is 3. The van der Waals surface area contributed by atoms with E-state index in [2.05, 4.69) is 16.0 Å². The van der Waals surface area contributed by atoms with Gasteiger partial charge in [-0.25, -0.2) is 0 Å². The highest BCUT2D eigenvalue weighted by Gasteiger charge is 2.12. The first-order chi connectivity index (χ1) is 14.5. The molecule has 3 N–H and O–H groups in total. The fourth-order valence-electron chi connectivity index (χ4n) is 2.69. The zero-order valence-electron chi connectivity index (χ0n) is 16.3. The second kappa shape index (κ2) is 9.88. The minimum Gasteiger partial charge on any atom is -0.467 e. The summed E-state index contributed by atoms with van der Waals surface area (Å²) in [5.74, 6) is -0.200. The van der Waals surface area contributed by atoms with Crippen LogP contribution in [0.1, 0.15) is 28.6 Å². The van der Waals surface area contributed by atoms with Gasteiger partial charge < -0.3 is 20.4 Å². The molecule has 1 aromatic heterocycles. The van der Waals surface area contributed by atoms with E-state index < -0.39 is 0 Å². The maximum atomic E-state index is 12.5. The zero-order valence-corrected chi connectivity index (χ0v) is 16.3. The van der Waals surface area contributed by atoms with E-state index in [9.17, 15) is 14.4 Å². The molecule has 3 amide bonds. The van der Waals surface area contributed by atoms with Crippen LogP contribution in [0.2, 0.25) is 0 Å². The minimum absolute atomic E-state index is 0.149. The third kappa shape index (κ3) is 5.93. The largest absolute Gasteiger partial charge is 0.467 e. The van der Waals surface area contributed by atoms with Crippen LogP contribution in [0.25, 0.3) is 6.08 Å². The van der Waals surface area contributed by atoms with E-state index in [0.29, 0.717) is 22.7 Å². The fraction of sp³-hybridized carbons (Fsp3) is 0.0870. The van der Waals surface area contributed by atoms with E-state index in [0.717, 1.165) is 5.56 Å². The van der Waals surface area contributed by atoms with Crippen molar-refractivity contribution in [2.75, 3.05) is 10.6 Å². The molecule has 0 saturated heterocycles. The van der Waals surface area contributed by atoms with Crippen LogP contribution in [0.4, 0.5) is 11.4 Å². The molecule has 152 valence electrons. The number of hydrogen-bond acceptors (Lipinski definition) is 4. The van der Waals surface area contributed by atoms with Crippen molar-refractivity contribution in [3.63, 3.8) is 0 Å². The zero-order chi connectivity index (χ0) is 21.3. The summed E-state index contributed by atoms with van der Waals surface area (Å²) >= 11 is 0. The molecule has 2 aromatic carbocycles. The molecule has 0 saturated carbocycles. The molecule has 1 heterocycles. The number of furan rings is 1. The molecule has 0 atom stereocenters. The molecule has 3 aromatic rings. The maximum Gasteiger partial charge on any atom is 0.253 e. The summed E-state index contributed by atoms with van der Waals surface area (Å²) in [7, 11) is 0. The summed E-state index contributed by atoms with van der Waals surface area (Å²) < 4.78 is 5.20. The van der Waals surface area contributed by atoms with E-state index in [1.165, 1.54) is 19.3 Å². The second-order valence-electron chi connectivity index (χ2n) is 6.43. The fourth-order valence-corrected chi connectivity index (χ4v) is 2.69. The highest BCUT2D eigenvalue weighted by molar-refractivity contribution is 6.07. The Bertz CT molecular complexity index is 1050. The van der Waals surface area contributed by atoms with Gasteiger partial charge in [-0.1, -0.05) is 24.3 Å². The highest BCUT2D eigenvalue weighted by Crippen LogP contribution is 2.16. The Morgan fingerprint density at radius 1 is 0.933 bits per heavy atom. The van der Waals surface area contributed by atoms with Crippen LogP contribution in [-0.4, -0.2) is 17.7 Å². The summed E-state index contributed by atoms with van der Waals surface area (Å²) in [6, 6.07) is 17.3. The third-order valence-corrected chi connectivity index (χ3v) is 4.09. The van der Waals surface area contributed by atoms with Gasteiger partial charge in [-0.05, 0) is 48.0 Å². The average molecular weight is 403 g/mol. The van der Waals surface area contributed by atoms with Gasteiger partial charge in [0.2, 0.25) is 11.8 Å². The van der Waals surface area contributed by atoms with Crippen molar-refractivity contribution in [1.29, 1.82) is 0 Å². The first kappa shape index (κ1) is 20.6. The van der Waals surface area contributed by atoms with Crippen molar-refractivity contribution < 1.29 is 18.8 Å². The van der Waals surface area contributed by atoms with Crippen molar-refractivity contribution in [2.45, 2.75) is 13.5 Å². The Morgan fingerprint density at radius 3 is 2.40 bits per heavy atom. The van der Waals surface area contributed by atoms with E-state index in [1.54, 1.807) is 66.7 Å². The predicted molar refractivity (Wildman–Crippen MR) is 115 cm³/mol. The van der Waals surface area contributed by atoms with Crippen LogP contribution >= 0.6 is 0 Å². The van der Waals surface area contributed by atoms with Gasteiger partial charge in [0.05, 0.1) is 24.1 Å². The number of hydrogen-bond donors (Lipinski definition) is 3. The Hall–Kier alpha value is -4.13. The molecular weight excluding hydrogens is 382 g/mol. The lowest BCUT2D eigenvalue weighted by Gasteiger charge is -2.10. The first-order valence-corrected chi connectivity index (χ1v) is 9.27. The van der Waals surface area contributed by atoms with E-state index >= 15 is 0 Å². The second-order valence-corrected chi connectivity index (χ2v) is 6.43. The number of para-hydroxylation sites is 1. The Kier molecular flexibility index (Phi) is 6.78. The molecule has 0 spiro atoms. The molecule has 0 aliphatic carbocycles. The average Bonchev–Trinajstić information content (AvgIpc) is 3.25. The standard InChI is InChI=1S/C23H21N3O4/c1-16(27)25-18-11-8-17(9-12-18)10-13-22(28)26-21-7-3-2-6-20(21)23(29)24-15-19-5-4-14-30-19/h2-14H,15H2,1H3,(H,24,29)(H,25,27)(H,26,28)/b13-10+. The van der Waals surface area contributed by atoms with Crippen molar-refractivity contribution in [3.05, 3.63) is 89.9 Å². The molecular formula is C23H21N3O4. The molecule has 0 aliphatic heterocycles. The smallest absolute Gasteiger partial charge is 0.253 e. The predicted octanol–water partition coefficient (Wildman–Crippen LogP) is 3.82. The van der Waals surface area contributed by atoms with Gasteiger partial charge in [-0.2, -0.15) is 0 Å². The van der Waals surface area contributed by atoms with Gasteiger partial charge >= 0.3 is 0 Å². The Morgan fingerprint density at radius 2 is 1.70 bits per heavy atom. The van der Waals surface area contributed by atoms with Gasteiger partial charge in [-0.3, -0.25) is 14.4 Å². The van der Waals surface area contributed by atoms with E-state index in [-0.39, 0.29) is 24.3 Å². The molecule has 0 unspecified atom stereocenters. The van der Waals surface area contributed by atoms with E-state index in [1.807, 2.05) is 0 Å². The number of nitrogens with one attached hydrogen (secondary N) is 3. The summed E-state index contributed by atoms with van der Waals surface area (Å²) in [4.78, 5) is 35.8. The van der Waals surface area contributed by atoms with Gasteiger partial charge in [-0.15, -0.1) is 0 Å². The van der Waals surface area contributed by atoms with Crippen LogP contribution in [0.3, 0.4) is 0 Å². The van der Waals surface area contributed by atoms with Crippen molar-refractivity contribution in [3.8, 4) is 0 Å². The lowest BCUT2D eigenvalue weighted by atomic mass is 10.1. The van der Waals surface area contributed by atoms with Crippen LogP contribution in [-0.2, 0) is 16.1 Å². The molecule has 7 heteroatoms. The number of carbonyl (C=O) groups excluding carboxylic acids is 3. The Balaban J connectivity index is 1.61. The van der Waals surface area contributed by atoms with Crippen LogP contribution in [0, 0.1) is 0 Å². The molecule has 0 fully saturated rings. The summed E-state index contributed by atoms with van der Waals surface area (Å²) in [5.41, 5.74) is 2.23. The van der Waals surface area contributed by atoms with Crippen molar-refractivity contribution in [1.82, 2.24) is 5.32 Å². The number of benzene rings is 2. The number of anilines is 2. The highest BCUT2D eigenvalue weighted by atomic mass is 16.3. The first-order valence-electron chi connectivity index (χ1n) is 9.27. The summed E-state index contributed by atoms with van der Waals surface area (Å²) in [6.07, 6.45) is 4.56. The van der Waals surface area contributed by atoms with Gasteiger partial charge in [0, 0.05) is 18.7 Å². The molecule has 0 radical (unpaired) electrons. The molecule has 0 bridgehead atoms. The molecule has 3 rings (SSSR count). The molecule has 0 aliphatic rings. The lowest BCUT2D eigenvalue weighted by molar-refractivity contribution is -0.114. The SMILES string of the molecule is CC(=O)Nc1ccc(/C=C/C(=O)Nc2ccccc2C(=O)NCc2ccco2)cc1. The third-order valence-electron chi connectivity index (χ3n) is 4.09. The van der Waals surface area contributed by atoms with Crippen LogP contribution < -0.4 is 16.0 Å². The van der Waals surface area contributed by atoms with Crippen LogP contribution in [0.5, 0.6) is 0 Å². The van der Waals surface area contributed by atoms with E-state index in [4.69, 9.17) is 4.42 Å². The quantitative estimate of drug-likeness (QED) is 0.522. The van der Waals surface area contributed by atoms with Gasteiger partial charge in [0.15, 0.2) is 0 Å². The maximum absolute atomic E-state index is 12.5. The normalized spacial score (nSPS) is 10.6. The monoisotopic (exact) mass is 403 g/mol. The topological polar surface area (TPSA) is 100 Å². The molecule has 7 nitrogen and oxygen atoms in total. The number of rotatable bonds is 7. The van der Waals surface area contributed by atoms with Crippen molar-refractivity contribution in [2.24, 2.45) is 0 Å². The van der Waals surface area contributed by atoms with Crippen molar-refractivity contribution >= 4 is 35.2 Å². The van der Waals surface area contributed by atoms with Gasteiger partial charge in [0.25, 0.3) is 5.91 Å². The lowest BCUT2D eigenvalue weighted by Crippen LogP contribution is -2.24. The van der Waals surface area contributed by atoms with Gasteiger partial charge in [0.1, 0.15) is 5.76 Å². The Labute approximate surface area is 173 Å².